The summed E-state index contributed by atoms with van der Waals surface area (Å²) in [5.41, 5.74) is 1.23. The van der Waals surface area contributed by atoms with Gasteiger partial charge in [0.15, 0.2) is 0 Å². The van der Waals surface area contributed by atoms with E-state index in [1.54, 1.807) is 0 Å². The Morgan fingerprint density at radius 1 is 1.13 bits per heavy atom. The van der Waals surface area contributed by atoms with Crippen molar-refractivity contribution in [1.29, 1.82) is 0 Å². The molecule has 0 spiro atoms. The number of benzene rings is 2. The molecule has 1 aliphatic rings. The van der Waals surface area contributed by atoms with Crippen molar-refractivity contribution in [1.82, 2.24) is 9.62 Å². The summed E-state index contributed by atoms with van der Waals surface area (Å²) in [6, 6.07) is 13.2. The van der Waals surface area contributed by atoms with Gasteiger partial charge in [-0.2, -0.15) is 0 Å². The van der Waals surface area contributed by atoms with Crippen LogP contribution < -0.4 is 9.46 Å². The lowest BCUT2D eigenvalue weighted by Crippen LogP contribution is -2.44. The SMILES string of the molecule is CC(C)c1ccccc1OCCCN1CCC(NS(=O)(=O)c2cccc(F)c2)CC1. The topological polar surface area (TPSA) is 58.6 Å². The molecule has 164 valence electrons. The zero-order valence-electron chi connectivity index (χ0n) is 17.7. The van der Waals surface area contributed by atoms with Crippen LogP contribution in [0.3, 0.4) is 0 Å². The normalized spacial score (nSPS) is 16.1. The first-order valence-corrected chi connectivity index (χ1v) is 12.1. The molecule has 7 heteroatoms. The van der Waals surface area contributed by atoms with Crippen molar-refractivity contribution in [2.75, 3.05) is 26.2 Å². The summed E-state index contributed by atoms with van der Waals surface area (Å²) < 4.78 is 46.9. The maximum atomic E-state index is 13.3. The molecule has 0 saturated carbocycles. The van der Waals surface area contributed by atoms with Crippen molar-refractivity contribution >= 4 is 10.0 Å². The second-order valence-corrected chi connectivity index (χ2v) is 9.80. The average Bonchev–Trinajstić information content (AvgIpc) is 2.72. The fraction of sp³-hybridized carbons (Fsp3) is 0.478. The molecule has 1 fully saturated rings. The molecule has 0 amide bonds. The number of nitrogens with zero attached hydrogens (tertiary/aromatic N) is 1. The van der Waals surface area contributed by atoms with E-state index in [-0.39, 0.29) is 10.9 Å². The minimum Gasteiger partial charge on any atom is -0.493 e. The Morgan fingerprint density at radius 2 is 1.87 bits per heavy atom. The van der Waals surface area contributed by atoms with Crippen LogP contribution in [-0.2, 0) is 10.0 Å². The summed E-state index contributed by atoms with van der Waals surface area (Å²) in [5.74, 6) is 0.834. The monoisotopic (exact) mass is 434 g/mol. The Morgan fingerprint density at radius 3 is 2.57 bits per heavy atom. The van der Waals surface area contributed by atoms with Crippen LogP contribution >= 0.6 is 0 Å². The van der Waals surface area contributed by atoms with Crippen molar-refractivity contribution in [3.05, 3.63) is 59.9 Å². The standard InChI is InChI=1S/C23H31FN2O3S/c1-18(2)22-9-3-4-10-23(22)29-16-6-13-26-14-11-20(12-15-26)25-30(27,28)21-8-5-7-19(24)17-21/h3-5,7-10,17-18,20,25H,6,11-16H2,1-2H3. The Kier molecular flexibility index (Phi) is 7.86. The Bertz CT molecular complexity index is 926. The van der Waals surface area contributed by atoms with E-state index in [9.17, 15) is 12.8 Å². The van der Waals surface area contributed by atoms with E-state index in [2.05, 4.69) is 29.5 Å². The Labute approximate surface area is 179 Å². The lowest BCUT2D eigenvalue weighted by atomic mass is 10.0. The first-order valence-electron chi connectivity index (χ1n) is 10.6. The van der Waals surface area contributed by atoms with Gasteiger partial charge in [-0.1, -0.05) is 38.1 Å². The van der Waals surface area contributed by atoms with Gasteiger partial charge in [0.05, 0.1) is 11.5 Å². The van der Waals surface area contributed by atoms with Gasteiger partial charge in [0.2, 0.25) is 10.0 Å². The van der Waals surface area contributed by atoms with Crippen LogP contribution in [0.25, 0.3) is 0 Å². The van der Waals surface area contributed by atoms with Gasteiger partial charge in [0.25, 0.3) is 0 Å². The third-order valence-corrected chi connectivity index (χ3v) is 6.95. The van der Waals surface area contributed by atoms with E-state index in [4.69, 9.17) is 4.74 Å². The highest BCUT2D eigenvalue weighted by atomic mass is 32.2. The van der Waals surface area contributed by atoms with E-state index >= 15 is 0 Å². The number of halogens is 1. The summed E-state index contributed by atoms with van der Waals surface area (Å²) in [4.78, 5) is 2.31. The number of likely N-dealkylation sites (tertiary alicyclic amines) is 1. The molecule has 1 saturated heterocycles. The van der Waals surface area contributed by atoms with Crippen LogP contribution in [0.2, 0.25) is 0 Å². The van der Waals surface area contributed by atoms with E-state index in [1.807, 2.05) is 18.2 Å². The molecule has 1 heterocycles. The third-order valence-electron chi connectivity index (χ3n) is 5.43. The summed E-state index contributed by atoms with van der Waals surface area (Å²) in [7, 11) is -3.69. The van der Waals surface area contributed by atoms with Gasteiger partial charge in [0.1, 0.15) is 11.6 Å². The molecule has 2 aromatic rings. The van der Waals surface area contributed by atoms with Crippen LogP contribution in [0.4, 0.5) is 4.39 Å². The lowest BCUT2D eigenvalue weighted by Gasteiger charge is -2.32. The quantitative estimate of drug-likeness (QED) is 0.602. The van der Waals surface area contributed by atoms with Crippen molar-refractivity contribution in [2.24, 2.45) is 0 Å². The van der Waals surface area contributed by atoms with Crippen LogP contribution in [0.5, 0.6) is 5.75 Å². The van der Waals surface area contributed by atoms with E-state index in [0.717, 1.165) is 50.7 Å². The van der Waals surface area contributed by atoms with Gasteiger partial charge >= 0.3 is 0 Å². The predicted molar refractivity (Wildman–Crippen MR) is 117 cm³/mol. The van der Waals surface area contributed by atoms with Crippen molar-refractivity contribution in [3.63, 3.8) is 0 Å². The number of hydrogen-bond donors (Lipinski definition) is 1. The van der Waals surface area contributed by atoms with Gasteiger partial charge in [-0.15, -0.1) is 0 Å². The molecule has 0 aromatic heterocycles. The number of ether oxygens (including phenoxy) is 1. The minimum absolute atomic E-state index is 0.0243. The first kappa shape index (κ1) is 22.7. The molecule has 0 radical (unpaired) electrons. The average molecular weight is 435 g/mol. The van der Waals surface area contributed by atoms with Crippen molar-refractivity contribution in [2.45, 2.75) is 50.0 Å². The van der Waals surface area contributed by atoms with Crippen LogP contribution in [0.1, 0.15) is 44.6 Å². The van der Waals surface area contributed by atoms with Crippen LogP contribution in [0.15, 0.2) is 53.4 Å². The lowest BCUT2D eigenvalue weighted by molar-refractivity contribution is 0.189. The second-order valence-electron chi connectivity index (χ2n) is 8.09. The summed E-state index contributed by atoms with van der Waals surface area (Å²) >= 11 is 0. The zero-order chi connectivity index (χ0) is 21.6. The predicted octanol–water partition coefficient (Wildman–Crippen LogP) is 4.16. The summed E-state index contributed by atoms with van der Waals surface area (Å²) in [6.07, 6.45) is 2.41. The summed E-state index contributed by atoms with van der Waals surface area (Å²) in [5, 5.41) is 0. The van der Waals surface area contributed by atoms with E-state index in [0.29, 0.717) is 12.5 Å². The zero-order valence-corrected chi connectivity index (χ0v) is 18.5. The Hall–Kier alpha value is -1.96. The molecule has 30 heavy (non-hydrogen) atoms. The maximum absolute atomic E-state index is 13.3. The molecule has 0 aliphatic carbocycles. The highest BCUT2D eigenvalue weighted by molar-refractivity contribution is 7.89. The van der Waals surface area contributed by atoms with Crippen LogP contribution in [0, 0.1) is 5.82 Å². The molecule has 1 aliphatic heterocycles. The van der Waals surface area contributed by atoms with Crippen molar-refractivity contribution < 1.29 is 17.5 Å². The molecule has 2 aromatic carbocycles. The molecule has 3 rings (SSSR count). The van der Waals surface area contributed by atoms with Gasteiger partial charge in [-0.25, -0.2) is 17.5 Å². The molecule has 0 bridgehead atoms. The van der Waals surface area contributed by atoms with E-state index in [1.165, 1.54) is 23.8 Å². The number of para-hydroxylation sites is 1. The number of piperidine rings is 1. The molecule has 0 atom stereocenters. The number of nitrogens with one attached hydrogen (secondary N) is 1. The molecule has 0 unspecified atom stereocenters. The maximum Gasteiger partial charge on any atom is 0.240 e. The largest absolute Gasteiger partial charge is 0.493 e. The fourth-order valence-corrected chi connectivity index (χ4v) is 5.09. The molecule has 1 N–H and O–H groups in total. The highest BCUT2D eigenvalue weighted by Crippen LogP contribution is 2.26. The number of hydrogen-bond acceptors (Lipinski definition) is 4. The number of rotatable bonds is 9. The van der Waals surface area contributed by atoms with Gasteiger partial charge in [-0.05, 0) is 68.1 Å². The van der Waals surface area contributed by atoms with Gasteiger partial charge in [0, 0.05) is 12.6 Å². The van der Waals surface area contributed by atoms with Crippen LogP contribution in [-0.4, -0.2) is 45.6 Å². The Balaban J connectivity index is 1.40. The summed E-state index contributed by atoms with van der Waals surface area (Å²) in [6.45, 7) is 7.57. The number of sulfonamides is 1. The second kappa shape index (κ2) is 10.4. The smallest absolute Gasteiger partial charge is 0.240 e. The minimum atomic E-state index is -3.69. The fourth-order valence-electron chi connectivity index (χ4n) is 3.76. The van der Waals surface area contributed by atoms with Gasteiger partial charge < -0.3 is 9.64 Å². The highest BCUT2D eigenvalue weighted by Gasteiger charge is 2.24. The molecular weight excluding hydrogens is 403 g/mol. The first-order chi connectivity index (χ1) is 14.3. The third kappa shape index (κ3) is 6.27. The molecular formula is C23H31FN2O3S. The van der Waals surface area contributed by atoms with Crippen molar-refractivity contribution in [3.8, 4) is 5.75 Å². The molecule has 5 nitrogen and oxygen atoms in total. The van der Waals surface area contributed by atoms with E-state index < -0.39 is 15.8 Å². The van der Waals surface area contributed by atoms with Gasteiger partial charge in [-0.3, -0.25) is 0 Å².